The van der Waals surface area contributed by atoms with E-state index in [1.54, 1.807) is 47.4 Å². The number of rotatable bonds is 5. The van der Waals surface area contributed by atoms with Gasteiger partial charge in [0.15, 0.2) is 0 Å². The lowest BCUT2D eigenvalue weighted by Gasteiger charge is -2.23. The Morgan fingerprint density at radius 1 is 1.03 bits per heavy atom. The number of aromatic nitrogens is 2. The number of aryl methyl sites for hydroxylation is 1. The van der Waals surface area contributed by atoms with Crippen molar-refractivity contribution in [1.82, 2.24) is 9.97 Å². The molecule has 0 bridgehead atoms. The maximum absolute atomic E-state index is 13.5. The highest BCUT2D eigenvalue weighted by atomic mass is 35.5. The van der Waals surface area contributed by atoms with Crippen LogP contribution < -0.4 is 15.0 Å². The minimum Gasteiger partial charge on any atom is -0.493 e. The standard InChI is InChI=1S/C28H26N4O3.ClH/c1-3-35-25-11-7-5-9-22(25)27(33)31-20-14-12-19(13-15-20)28(34)32-17-16-23-26(30-18(2)29-23)21-8-4-6-10-24(21)32;/h4-15H,3,16-17H2,1-2H3,(H,29,30)(H,31,33);1H. The quantitative estimate of drug-likeness (QED) is 0.368. The number of benzene rings is 3. The fourth-order valence-corrected chi connectivity index (χ4v) is 4.39. The summed E-state index contributed by atoms with van der Waals surface area (Å²) >= 11 is 0. The lowest BCUT2D eigenvalue weighted by atomic mass is 10.1. The second-order valence-electron chi connectivity index (χ2n) is 8.33. The molecular formula is C28H27ClN4O3. The van der Waals surface area contributed by atoms with Crippen LogP contribution in [0.2, 0.25) is 0 Å². The van der Waals surface area contributed by atoms with Crippen LogP contribution in [-0.2, 0) is 6.42 Å². The van der Waals surface area contributed by atoms with Crippen LogP contribution in [0.25, 0.3) is 11.3 Å². The zero-order valence-corrected chi connectivity index (χ0v) is 20.9. The van der Waals surface area contributed by atoms with Gasteiger partial charge < -0.3 is 19.9 Å². The maximum atomic E-state index is 13.5. The Kier molecular flexibility index (Phi) is 7.41. The molecule has 2 N–H and O–H groups in total. The fraction of sp³-hybridized carbons (Fsp3) is 0.179. The van der Waals surface area contributed by atoms with E-state index < -0.39 is 0 Å². The van der Waals surface area contributed by atoms with Crippen LogP contribution in [0.1, 0.15) is 39.2 Å². The Hall–Kier alpha value is -4.10. The second-order valence-corrected chi connectivity index (χ2v) is 8.33. The number of amides is 2. The summed E-state index contributed by atoms with van der Waals surface area (Å²) in [5.41, 5.74) is 5.32. The van der Waals surface area contributed by atoms with E-state index in [0.717, 1.165) is 28.5 Å². The van der Waals surface area contributed by atoms with Crippen LogP contribution in [0.15, 0.2) is 72.8 Å². The van der Waals surface area contributed by atoms with Crippen molar-refractivity contribution in [2.75, 3.05) is 23.4 Å². The van der Waals surface area contributed by atoms with Crippen LogP contribution in [-0.4, -0.2) is 34.9 Å². The minimum absolute atomic E-state index is 0. The zero-order chi connectivity index (χ0) is 24.4. The van der Waals surface area contributed by atoms with Gasteiger partial charge in [-0.25, -0.2) is 4.98 Å². The highest BCUT2D eigenvalue weighted by molar-refractivity contribution is 6.09. The maximum Gasteiger partial charge on any atom is 0.259 e. The number of H-pyrrole nitrogens is 1. The molecule has 2 amide bonds. The van der Waals surface area contributed by atoms with E-state index >= 15 is 0 Å². The zero-order valence-electron chi connectivity index (χ0n) is 20.1. The molecule has 5 rings (SSSR count). The molecule has 3 aromatic carbocycles. The van der Waals surface area contributed by atoms with Gasteiger partial charge in [-0.3, -0.25) is 9.59 Å². The van der Waals surface area contributed by atoms with Gasteiger partial charge in [-0.15, -0.1) is 12.4 Å². The molecule has 4 aromatic rings. The smallest absolute Gasteiger partial charge is 0.259 e. The normalized spacial score (nSPS) is 12.0. The van der Waals surface area contributed by atoms with Crippen LogP contribution in [0.5, 0.6) is 5.75 Å². The van der Waals surface area contributed by atoms with Gasteiger partial charge in [-0.05, 0) is 56.3 Å². The number of hydrogen-bond acceptors (Lipinski definition) is 4. The number of carbonyl (C=O) groups excluding carboxylic acids is 2. The first-order chi connectivity index (χ1) is 17.0. The Morgan fingerprint density at radius 2 is 1.75 bits per heavy atom. The van der Waals surface area contributed by atoms with Crippen molar-refractivity contribution in [1.29, 1.82) is 0 Å². The number of halogens is 1. The second kappa shape index (κ2) is 10.7. The monoisotopic (exact) mass is 502 g/mol. The number of aromatic amines is 1. The molecule has 0 saturated heterocycles. The number of anilines is 2. The predicted molar refractivity (Wildman–Crippen MR) is 143 cm³/mol. The van der Waals surface area contributed by atoms with Crippen molar-refractivity contribution in [2.45, 2.75) is 20.3 Å². The molecule has 0 atom stereocenters. The summed E-state index contributed by atoms with van der Waals surface area (Å²) in [6.45, 7) is 4.83. The van der Waals surface area contributed by atoms with Crippen molar-refractivity contribution in [2.24, 2.45) is 0 Å². The first-order valence-corrected chi connectivity index (χ1v) is 11.6. The van der Waals surface area contributed by atoms with Crippen molar-refractivity contribution < 1.29 is 14.3 Å². The number of nitrogens with zero attached hydrogens (tertiary/aromatic N) is 2. The van der Waals surface area contributed by atoms with Gasteiger partial charge in [0.2, 0.25) is 0 Å². The summed E-state index contributed by atoms with van der Waals surface area (Å²) in [5, 5.41) is 2.89. The molecule has 0 radical (unpaired) electrons. The number of carbonyl (C=O) groups is 2. The van der Waals surface area contributed by atoms with E-state index in [9.17, 15) is 9.59 Å². The minimum atomic E-state index is -0.265. The summed E-state index contributed by atoms with van der Waals surface area (Å²) in [4.78, 5) is 36.1. The molecule has 7 nitrogen and oxygen atoms in total. The third kappa shape index (κ3) is 4.83. The lowest BCUT2D eigenvalue weighted by molar-refractivity contribution is 0.0986. The van der Waals surface area contributed by atoms with E-state index in [-0.39, 0.29) is 24.2 Å². The van der Waals surface area contributed by atoms with Gasteiger partial charge in [-0.1, -0.05) is 30.3 Å². The van der Waals surface area contributed by atoms with Gasteiger partial charge in [0.05, 0.1) is 23.6 Å². The van der Waals surface area contributed by atoms with E-state index in [4.69, 9.17) is 4.74 Å². The van der Waals surface area contributed by atoms with E-state index in [1.165, 1.54) is 0 Å². The molecule has 0 saturated carbocycles. The summed E-state index contributed by atoms with van der Waals surface area (Å²) in [6.07, 6.45) is 0.684. The van der Waals surface area contributed by atoms with E-state index in [0.29, 0.717) is 42.1 Å². The van der Waals surface area contributed by atoms with Gasteiger partial charge in [0, 0.05) is 35.5 Å². The molecule has 1 aliphatic heterocycles. The molecule has 0 fully saturated rings. The largest absolute Gasteiger partial charge is 0.493 e. The van der Waals surface area contributed by atoms with Gasteiger partial charge in [0.1, 0.15) is 11.6 Å². The van der Waals surface area contributed by atoms with Crippen molar-refractivity contribution in [3.8, 4) is 17.0 Å². The number of fused-ring (bicyclic) bond motifs is 3. The molecule has 1 aliphatic rings. The highest BCUT2D eigenvalue weighted by Gasteiger charge is 2.26. The van der Waals surface area contributed by atoms with Gasteiger partial charge in [0.25, 0.3) is 11.8 Å². The summed E-state index contributed by atoms with van der Waals surface area (Å²) in [5.74, 6) is 1.04. The number of ether oxygens (including phenoxy) is 1. The number of para-hydroxylation sites is 2. The summed E-state index contributed by atoms with van der Waals surface area (Å²) < 4.78 is 5.56. The van der Waals surface area contributed by atoms with Crippen molar-refractivity contribution in [3.05, 3.63) is 95.4 Å². The average Bonchev–Trinajstić information content (AvgIpc) is 3.18. The molecule has 8 heteroatoms. The Labute approximate surface area is 215 Å². The molecule has 0 unspecified atom stereocenters. The first kappa shape index (κ1) is 25.0. The lowest BCUT2D eigenvalue weighted by Crippen LogP contribution is -2.32. The van der Waals surface area contributed by atoms with E-state index in [2.05, 4.69) is 15.3 Å². The third-order valence-corrected chi connectivity index (χ3v) is 6.00. The Morgan fingerprint density at radius 3 is 2.53 bits per heavy atom. The third-order valence-electron chi connectivity index (χ3n) is 6.00. The molecular weight excluding hydrogens is 476 g/mol. The Balaban J connectivity index is 0.00000304. The molecule has 0 aliphatic carbocycles. The van der Waals surface area contributed by atoms with Gasteiger partial charge >= 0.3 is 0 Å². The first-order valence-electron chi connectivity index (χ1n) is 11.6. The van der Waals surface area contributed by atoms with Crippen LogP contribution in [0.4, 0.5) is 11.4 Å². The van der Waals surface area contributed by atoms with Gasteiger partial charge in [-0.2, -0.15) is 0 Å². The topological polar surface area (TPSA) is 87.3 Å². The van der Waals surface area contributed by atoms with Crippen LogP contribution >= 0.6 is 12.4 Å². The molecule has 1 aromatic heterocycles. The SMILES string of the molecule is CCOc1ccccc1C(=O)Nc1ccc(C(=O)N2CCc3[nH]c(C)nc3-c3ccccc32)cc1.Cl. The van der Waals surface area contributed by atoms with Crippen molar-refractivity contribution >= 4 is 35.6 Å². The molecule has 0 spiro atoms. The molecule has 36 heavy (non-hydrogen) atoms. The summed E-state index contributed by atoms with van der Waals surface area (Å²) in [7, 11) is 0. The number of nitrogens with one attached hydrogen (secondary N) is 2. The van der Waals surface area contributed by atoms with Crippen molar-refractivity contribution in [3.63, 3.8) is 0 Å². The number of hydrogen-bond donors (Lipinski definition) is 2. The van der Waals surface area contributed by atoms with Crippen LogP contribution in [0.3, 0.4) is 0 Å². The molecule has 184 valence electrons. The highest BCUT2D eigenvalue weighted by Crippen LogP contribution is 2.35. The van der Waals surface area contributed by atoms with E-state index in [1.807, 2.05) is 44.2 Å². The number of imidazole rings is 1. The Bertz CT molecular complexity index is 1400. The average molecular weight is 503 g/mol. The summed E-state index contributed by atoms with van der Waals surface area (Å²) in [6, 6.07) is 21.9. The predicted octanol–water partition coefficient (Wildman–Crippen LogP) is 5.66. The molecule has 2 heterocycles. The fourth-order valence-electron chi connectivity index (χ4n) is 4.39. The van der Waals surface area contributed by atoms with Crippen LogP contribution in [0, 0.1) is 6.92 Å².